The van der Waals surface area contributed by atoms with Crippen LogP contribution in [0.5, 0.6) is 0 Å². The summed E-state index contributed by atoms with van der Waals surface area (Å²) in [5.41, 5.74) is 5.08. The Kier molecular flexibility index (Phi) is 6.22. The minimum atomic E-state index is -2.28. The molecule has 0 radical (unpaired) electrons. The van der Waals surface area contributed by atoms with Gasteiger partial charge in [0.1, 0.15) is 0 Å². The SMILES string of the molecule is CC[C@@H](C)CC[C@H]1[C@@H](C)[C@H](O)[C@H](O)[C@H]2C(C)(C)CC[C@@H](C(N)(O)O)[C@]12C. The molecular formula is C21H41NO4. The van der Waals surface area contributed by atoms with E-state index in [4.69, 9.17) is 5.73 Å². The van der Waals surface area contributed by atoms with Crippen LogP contribution < -0.4 is 5.73 Å². The van der Waals surface area contributed by atoms with Gasteiger partial charge in [-0.05, 0) is 53.8 Å². The molecule has 5 nitrogen and oxygen atoms in total. The van der Waals surface area contributed by atoms with Crippen molar-refractivity contribution >= 4 is 0 Å². The largest absolute Gasteiger partial charge is 0.390 e. The van der Waals surface area contributed by atoms with Crippen LogP contribution in [-0.4, -0.2) is 38.5 Å². The molecule has 0 bridgehead atoms. The summed E-state index contributed by atoms with van der Waals surface area (Å²) in [4.78, 5) is 0. The molecule has 0 unspecified atom stereocenters. The van der Waals surface area contributed by atoms with Gasteiger partial charge in [-0.15, -0.1) is 0 Å². The molecule has 0 spiro atoms. The fourth-order valence-corrected chi connectivity index (χ4v) is 6.59. The molecule has 26 heavy (non-hydrogen) atoms. The van der Waals surface area contributed by atoms with Gasteiger partial charge in [0.2, 0.25) is 5.91 Å². The van der Waals surface area contributed by atoms with Crippen LogP contribution in [0.15, 0.2) is 0 Å². The van der Waals surface area contributed by atoms with Crippen molar-refractivity contribution in [2.45, 2.75) is 91.8 Å². The smallest absolute Gasteiger partial charge is 0.223 e. The van der Waals surface area contributed by atoms with Gasteiger partial charge < -0.3 is 20.4 Å². The van der Waals surface area contributed by atoms with E-state index in [1.54, 1.807) is 0 Å². The highest BCUT2D eigenvalue weighted by Gasteiger charge is 2.66. The van der Waals surface area contributed by atoms with E-state index in [0.29, 0.717) is 12.3 Å². The second kappa shape index (κ2) is 7.32. The zero-order valence-electron chi connectivity index (χ0n) is 17.4. The molecule has 2 fully saturated rings. The molecule has 0 amide bonds. The third-order valence-corrected chi connectivity index (χ3v) is 8.18. The monoisotopic (exact) mass is 371 g/mol. The van der Waals surface area contributed by atoms with Gasteiger partial charge in [-0.3, -0.25) is 5.73 Å². The number of aliphatic hydroxyl groups excluding tert-OH is 2. The standard InChI is InChI=1S/C21H41NO4/c1-7-12(2)8-9-14-13(3)16(23)17(24)18-19(4,5)11-10-15(20(14,18)6)21(22,25)26/h12-18,23-26H,7-11,22H2,1-6H3/t12-,13-,14+,15-,16+,17+,18+,20+/m1/s1. The Morgan fingerprint density at radius 2 is 1.73 bits per heavy atom. The van der Waals surface area contributed by atoms with Gasteiger partial charge in [-0.1, -0.05) is 54.4 Å². The first-order valence-corrected chi connectivity index (χ1v) is 10.4. The molecule has 2 aliphatic carbocycles. The quantitative estimate of drug-likeness (QED) is 0.477. The van der Waals surface area contributed by atoms with Crippen molar-refractivity contribution in [2.75, 3.05) is 0 Å². The van der Waals surface area contributed by atoms with E-state index in [1.807, 2.05) is 6.92 Å². The molecule has 2 rings (SSSR count). The lowest BCUT2D eigenvalue weighted by atomic mass is 9.41. The molecule has 0 aliphatic heterocycles. The third-order valence-electron chi connectivity index (χ3n) is 8.18. The Bertz CT molecular complexity index is 489. The molecule has 2 aliphatic rings. The highest BCUT2D eigenvalue weighted by Crippen LogP contribution is 2.65. The number of rotatable bonds is 5. The lowest BCUT2D eigenvalue weighted by Gasteiger charge is -2.66. The van der Waals surface area contributed by atoms with Gasteiger partial charge in [0.05, 0.1) is 12.2 Å². The van der Waals surface area contributed by atoms with Crippen molar-refractivity contribution in [2.24, 2.45) is 46.2 Å². The van der Waals surface area contributed by atoms with Gasteiger partial charge in [0.25, 0.3) is 0 Å². The maximum Gasteiger partial charge on any atom is 0.223 e. The Labute approximate surface area is 159 Å². The van der Waals surface area contributed by atoms with Crippen molar-refractivity contribution in [3.8, 4) is 0 Å². The Balaban J connectivity index is 2.53. The first kappa shape index (κ1) is 22.1. The van der Waals surface area contributed by atoms with E-state index in [1.165, 1.54) is 0 Å². The molecule has 0 heterocycles. The van der Waals surface area contributed by atoms with E-state index in [2.05, 4.69) is 34.6 Å². The van der Waals surface area contributed by atoms with Gasteiger partial charge in [0, 0.05) is 5.92 Å². The van der Waals surface area contributed by atoms with Crippen molar-refractivity contribution in [3.05, 3.63) is 0 Å². The van der Waals surface area contributed by atoms with Crippen molar-refractivity contribution in [3.63, 3.8) is 0 Å². The second-order valence-electron chi connectivity index (χ2n) is 10.2. The van der Waals surface area contributed by atoms with E-state index < -0.39 is 29.5 Å². The zero-order chi connectivity index (χ0) is 20.1. The van der Waals surface area contributed by atoms with E-state index in [0.717, 1.165) is 25.7 Å². The highest BCUT2D eigenvalue weighted by atomic mass is 16.5. The Hall–Kier alpha value is -0.200. The lowest BCUT2D eigenvalue weighted by molar-refractivity contribution is -0.299. The number of fused-ring (bicyclic) bond motifs is 1. The van der Waals surface area contributed by atoms with Crippen molar-refractivity contribution in [1.29, 1.82) is 0 Å². The van der Waals surface area contributed by atoms with Crippen LogP contribution in [-0.2, 0) is 0 Å². The molecule has 2 saturated carbocycles. The van der Waals surface area contributed by atoms with Crippen LogP contribution >= 0.6 is 0 Å². The van der Waals surface area contributed by atoms with E-state index in [-0.39, 0.29) is 23.2 Å². The highest BCUT2D eigenvalue weighted by molar-refractivity contribution is 5.12. The van der Waals surface area contributed by atoms with Crippen LogP contribution in [0.2, 0.25) is 0 Å². The number of hydrogen-bond donors (Lipinski definition) is 5. The second-order valence-corrected chi connectivity index (χ2v) is 10.2. The molecule has 0 aromatic carbocycles. The lowest BCUT2D eigenvalue weighted by Crippen LogP contribution is -2.69. The van der Waals surface area contributed by atoms with E-state index in [9.17, 15) is 20.4 Å². The fourth-order valence-electron chi connectivity index (χ4n) is 6.59. The molecule has 0 aromatic heterocycles. The fraction of sp³-hybridized carbons (Fsp3) is 1.00. The first-order chi connectivity index (χ1) is 11.8. The third kappa shape index (κ3) is 3.58. The van der Waals surface area contributed by atoms with Crippen molar-refractivity contribution < 1.29 is 20.4 Å². The summed E-state index contributed by atoms with van der Waals surface area (Å²) in [7, 11) is 0. The van der Waals surface area contributed by atoms with Gasteiger partial charge in [-0.25, -0.2) is 0 Å². The predicted octanol–water partition coefficient (Wildman–Crippen LogP) is 2.46. The number of nitrogens with two attached hydrogens (primary N) is 1. The molecule has 0 saturated heterocycles. The van der Waals surface area contributed by atoms with Gasteiger partial charge >= 0.3 is 0 Å². The number of aliphatic hydroxyl groups is 4. The molecule has 6 N–H and O–H groups in total. The van der Waals surface area contributed by atoms with Gasteiger partial charge in [0.15, 0.2) is 0 Å². The van der Waals surface area contributed by atoms with Gasteiger partial charge in [-0.2, -0.15) is 0 Å². The zero-order valence-corrected chi connectivity index (χ0v) is 17.4. The average Bonchev–Trinajstić information content (AvgIpc) is 2.50. The van der Waals surface area contributed by atoms with E-state index >= 15 is 0 Å². The first-order valence-electron chi connectivity index (χ1n) is 10.4. The summed E-state index contributed by atoms with van der Waals surface area (Å²) >= 11 is 0. The average molecular weight is 372 g/mol. The molecule has 8 atom stereocenters. The minimum absolute atomic E-state index is 0.0756. The maximum atomic E-state index is 11.0. The summed E-state index contributed by atoms with van der Waals surface area (Å²) < 4.78 is 0. The van der Waals surface area contributed by atoms with Crippen LogP contribution in [0.1, 0.15) is 73.6 Å². The summed E-state index contributed by atoms with van der Waals surface area (Å²) in [6.07, 6.45) is 2.70. The molecule has 0 aromatic rings. The Morgan fingerprint density at radius 1 is 1.15 bits per heavy atom. The summed E-state index contributed by atoms with van der Waals surface area (Å²) in [5, 5.41) is 42.6. The Morgan fingerprint density at radius 3 is 2.23 bits per heavy atom. The summed E-state index contributed by atoms with van der Waals surface area (Å²) in [6.45, 7) is 12.7. The topological polar surface area (TPSA) is 107 Å². The predicted molar refractivity (Wildman–Crippen MR) is 103 cm³/mol. The molecule has 154 valence electrons. The normalized spacial score (nSPS) is 44.4. The summed E-state index contributed by atoms with van der Waals surface area (Å²) in [5.74, 6) is -2.50. The molecular weight excluding hydrogens is 330 g/mol. The van der Waals surface area contributed by atoms with Crippen LogP contribution in [0.3, 0.4) is 0 Å². The van der Waals surface area contributed by atoms with Crippen LogP contribution in [0, 0.1) is 40.4 Å². The number of hydrogen-bond acceptors (Lipinski definition) is 5. The molecule has 5 heteroatoms. The minimum Gasteiger partial charge on any atom is -0.390 e. The van der Waals surface area contributed by atoms with Crippen LogP contribution in [0.25, 0.3) is 0 Å². The maximum absolute atomic E-state index is 11.0. The summed E-state index contributed by atoms with van der Waals surface area (Å²) in [6, 6.07) is 0. The van der Waals surface area contributed by atoms with Crippen LogP contribution in [0.4, 0.5) is 0 Å². The van der Waals surface area contributed by atoms with Crippen molar-refractivity contribution in [1.82, 2.24) is 0 Å².